The molecule has 4 nitrogen and oxygen atoms in total. The summed E-state index contributed by atoms with van der Waals surface area (Å²) in [6, 6.07) is 7.95. The van der Waals surface area contributed by atoms with Crippen molar-refractivity contribution in [2.75, 3.05) is 13.7 Å². The Labute approximate surface area is 134 Å². The van der Waals surface area contributed by atoms with Gasteiger partial charge in [-0.1, -0.05) is 39.0 Å². The second kappa shape index (κ2) is 8.79. The van der Waals surface area contributed by atoms with Crippen molar-refractivity contribution in [3.63, 3.8) is 0 Å². The highest BCUT2D eigenvalue weighted by molar-refractivity contribution is 5.76. The lowest BCUT2D eigenvalue weighted by molar-refractivity contribution is -0.122. The van der Waals surface area contributed by atoms with E-state index in [0.717, 1.165) is 30.6 Å². The zero-order chi connectivity index (χ0) is 16.6. The van der Waals surface area contributed by atoms with Crippen molar-refractivity contribution < 1.29 is 9.53 Å². The average Bonchev–Trinajstić information content (AvgIpc) is 2.53. The van der Waals surface area contributed by atoms with Crippen LogP contribution in [0.2, 0.25) is 0 Å². The Kier molecular flexibility index (Phi) is 7.39. The minimum atomic E-state index is -0.290. The Morgan fingerprint density at radius 3 is 2.55 bits per heavy atom. The van der Waals surface area contributed by atoms with E-state index in [2.05, 4.69) is 26.1 Å². The minimum Gasteiger partial charge on any atom is -0.496 e. The molecule has 0 saturated carbocycles. The zero-order valence-corrected chi connectivity index (χ0v) is 14.3. The Morgan fingerprint density at radius 1 is 1.32 bits per heavy atom. The van der Waals surface area contributed by atoms with Gasteiger partial charge in [0, 0.05) is 18.5 Å². The molecule has 0 radical (unpaired) electrons. The van der Waals surface area contributed by atoms with Gasteiger partial charge in [-0.3, -0.25) is 4.79 Å². The molecule has 1 unspecified atom stereocenters. The second-order valence-corrected chi connectivity index (χ2v) is 6.17. The van der Waals surface area contributed by atoms with Crippen molar-refractivity contribution in [3.8, 4) is 5.75 Å². The van der Waals surface area contributed by atoms with Crippen LogP contribution in [0.1, 0.15) is 45.6 Å². The summed E-state index contributed by atoms with van der Waals surface area (Å²) < 4.78 is 5.36. The van der Waals surface area contributed by atoms with Gasteiger partial charge in [0.15, 0.2) is 0 Å². The van der Waals surface area contributed by atoms with Crippen LogP contribution in [0.15, 0.2) is 24.3 Å². The molecule has 0 aromatic heterocycles. The molecule has 0 bridgehead atoms. The first kappa shape index (κ1) is 18.5. The van der Waals surface area contributed by atoms with Gasteiger partial charge < -0.3 is 15.8 Å². The van der Waals surface area contributed by atoms with Crippen molar-refractivity contribution in [1.82, 2.24) is 5.32 Å². The van der Waals surface area contributed by atoms with Crippen molar-refractivity contribution in [1.29, 1.82) is 0 Å². The molecule has 0 aliphatic heterocycles. The molecule has 0 aliphatic carbocycles. The van der Waals surface area contributed by atoms with Crippen LogP contribution in [0.25, 0.3) is 0 Å². The summed E-state index contributed by atoms with van der Waals surface area (Å²) in [6.07, 6.45) is 3.05. The van der Waals surface area contributed by atoms with E-state index >= 15 is 0 Å². The number of nitrogens with two attached hydrogens (primary N) is 1. The van der Waals surface area contributed by atoms with Crippen LogP contribution in [0.3, 0.4) is 0 Å². The number of nitrogens with one attached hydrogen (secondary N) is 1. The van der Waals surface area contributed by atoms with Gasteiger partial charge in [0.1, 0.15) is 5.75 Å². The van der Waals surface area contributed by atoms with Gasteiger partial charge in [0.2, 0.25) is 5.91 Å². The maximum atomic E-state index is 12.1. The number of amides is 1. The van der Waals surface area contributed by atoms with Crippen LogP contribution in [0.5, 0.6) is 5.75 Å². The van der Waals surface area contributed by atoms with Crippen molar-refractivity contribution in [3.05, 3.63) is 29.8 Å². The monoisotopic (exact) mass is 306 g/mol. The number of para-hydroxylation sites is 1. The molecule has 0 saturated heterocycles. The van der Waals surface area contributed by atoms with Gasteiger partial charge in [-0.2, -0.15) is 0 Å². The lowest BCUT2D eigenvalue weighted by Gasteiger charge is -2.27. The van der Waals surface area contributed by atoms with E-state index in [0.29, 0.717) is 13.0 Å². The van der Waals surface area contributed by atoms with Gasteiger partial charge in [-0.05, 0) is 36.8 Å². The fraction of sp³-hybridized carbons (Fsp3) is 0.611. The molecule has 124 valence electrons. The Morgan fingerprint density at radius 2 is 1.95 bits per heavy atom. The highest BCUT2D eigenvalue weighted by Gasteiger charge is 2.21. The van der Waals surface area contributed by atoms with Gasteiger partial charge in [0.05, 0.1) is 7.11 Å². The summed E-state index contributed by atoms with van der Waals surface area (Å²) >= 11 is 0. The van der Waals surface area contributed by atoms with Crippen LogP contribution in [-0.4, -0.2) is 25.1 Å². The molecule has 0 fully saturated rings. The van der Waals surface area contributed by atoms with E-state index in [1.54, 1.807) is 7.11 Å². The SMILES string of the molecule is CCC(N)(CC)CNC(=O)CC(C)Cc1ccccc1OC. The number of benzene rings is 1. The number of hydrogen-bond donors (Lipinski definition) is 2. The molecule has 0 spiro atoms. The summed E-state index contributed by atoms with van der Waals surface area (Å²) in [4.78, 5) is 12.1. The van der Waals surface area contributed by atoms with Crippen LogP contribution in [0.4, 0.5) is 0 Å². The lowest BCUT2D eigenvalue weighted by Crippen LogP contribution is -2.49. The van der Waals surface area contributed by atoms with Gasteiger partial charge in [-0.25, -0.2) is 0 Å². The number of carbonyl (C=O) groups excluding carboxylic acids is 1. The van der Waals surface area contributed by atoms with E-state index in [9.17, 15) is 4.79 Å². The topological polar surface area (TPSA) is 64.3 Å². The first-order valence-corrected chi connectivity index (χ1v) is 8.11. The predicted molar refractivity (Wildman–Crippen MR) is 91.0 cm³/mol. The number of carbonyl (C=O) groups is 1. The quantitative estimate of drug-likeness (QED) is 0.737. The van der Waals surface area contributed by atoms with Crippen molar-refractivity contribution in [2.45, 2.75) is 52.0 Å². The Hall–Kier alpha value is -1.55. The summed E-state index contributed by atoms with van der Waals surface area (Å²) in [7, 11) is 1.67. The summed E-state index contributed by atoms with van der Waals surface area (Å²) in [5.41, 5.74) is 7.06. The Balaban J connectivity index is 2.47. The number of ether oxygens (including phenoxy) is 1. The van der Waals surface area contributed by atoms with Crippen molar-refractivity contribution in [2.24, 2.45) is 11.7 Å². The molecule has 1 aromatic rings. The van der Waals surface area contributed by atoms with Crippen LogP contribution < -0.4 is 15.8 Å². The number of hydrogen-bond acceptors (Lipinski definition) is 3. The number of methoxy groups -OCH3 is 1. The maximum Gasteiger partial charge on any atom is 0.220 e. The second-order valence-electron chi connectivity index (χ2n) is 6.17. The predicted octanol–water partition coefficient (Wildman–Crippen LogP) is 2.90. The van der Waals surface area contributed by atoms with Crippen LogP contribution in [-0.2, 0) is 11.2 Å². The smallest absolute Gasteiger partial charge is 0.220 e. The van der Waals surface area contributed by atoms with E-state index < -0.39 is 0 Å². The van der Waals surface area contributed by atoms with E-state index in [-0.39, 0.29) is 17.4 Å². The van der Waals surface area contributed by atoms with Gasteiger partial charge >= 0.3 is 0 Å². The Bertz CT molecular complexity index is 470. The van der Waals surface area contributed by atoms with Gasteiger partial charge in [0.25, 0.3) is 0 Å². The molecule has 3 N–H and O–H groups in total. The first-order valence-electron chi connectivity index (χ1n) is 8.11. The molecular weight excluding hydrogens is 276 g/mol. The summed E-state index contributed by atoms with van der Waals surface area (Å²) in [5.74, 6) is 1.21. The molecule has 4 heteroatoms. The normalized spacial score (nSPS) is 12.8. The fourth-order valence-electron chi connectivity index (χ4n) is 2.48. The fourth-order valence-corrected chi connectivity index (χ4v) is 2.48. The van der Waals surface area contributed by atoms with Crippen LogP contribution >= 0.6 is 0 Å². The van der Waals surface area contributed by atoms with Gasteiger partial charge in [-0.15, -0.1) is 0 Å². The third-order valence-corrected chi connectivity index (χ3v) is 4.34. The van der Waals surface area contributed by atoms with E-state index in [1.165, 1.54) is 0 Å². The largest absolute Gasteiger partial charge is 0.496 e. The standard InChI is InChI=1S/C18H30N2O2/c1-5-18(19,6-2)13-20-17(21)12-14(3)11-15-9-7-8-10-16(15)22-4/h7-10,14H,5-6,11-13,19H2,1-4H3,(H,20,21). The van der Waals surface area contributed by atoms with E-state index in [4.69, 9.17) is 10.5 Å². The third-order valence-electron chi connectivity index (χ3n) is 4.34. The highest BCUT2D eigenvalue weighted by atomic mass is 16.5. The third kappa shape index (κ3) is 5.68. The van der Waals surface area contributed by atoms with Crippen LogP contribution in [0, 0.1) is 5.92 Å². The lowest BCUT2D eigenvalue weighted by atomic mass is 9.93. The zero-order valence-electron chi connectivity index (χ0n) is 14.3. The highest BCUT2D eigenvalue weighted by Crippen LogP contribution is 2.22. The minimum absolute atomic E-state index is 0.0686. The molecule has 1 atom stereocenters. The first-order chi connectivity index (χ1) is 10.4. The molecule has 0 aliphatic rings. The number of rotatable bonds is 9. The molecule has 1 rings (SSSR count). The molecule has 1 aromatic carbocycles. The van der Waals surface area contributed by atoms with E-state index in [1.807, 2.05) is 24.3 Å². The molecule has 0 heterocycles. The average molecular weight is 306 g/mol. The molecular formula is C18H30N2O2. The summed E-state index contributed by atoms with van der Waals surface area (Å²) in [5, 5.41) is 2.98. The molecule has 22 heavy (non-hydrogen) atoms. The summed E-state index contributed by atoms with van der Waals surface area (Å²) in [6.45, 7) is 6.74. The maximum absolute atomic E-state index is 12.1. The van der Waals surface area contributed by atoms with Crippen molar-refractivity contribution >= 4 is 5.91 Å². The molecule has 1 amide bonds.